The molecule has 0 fully saturated rings. The average molecular weight is 479 g/mol. The third kappa shape index (κ3) is 4.66. The zero-order valence-electron chi connectivity index (χ0n) is 15.8. The lowest BCUT2D eigenvalue weighted by molar-refractivity contribution is 0.607. The van der Waals surface area contributed by atoms with Gasteiger partial charge in [-0.25, -0.2) is 32.7 Å². The standard InChI is InChI=1S/C19H13Cl2FN6O2S/c1-31(29,30)28-15-7-10(8-23-18(15)21)12-5-6-14-17(26-12)19(25-9-24-14)27-13-4-2-3-11(20)16(13)22/h2-9,28H,1H3,(H,24,25,27). The maximum atomic E-state index is 14.3. The monoisotopic (exact) mass is 478 g/mol. The summed E-state index contributed by atoms with van der Waals surface area (Å²) in [7, 11) is -3.55. The van der Waals surface area contributed by atoms with Crippen molar-refractivity contribution in [2.75, 3.05) is 16.3 Å². The Kier molecular flexibility index (Phi) is 5.61. The van der Waals surface area contributed by atoms with Gasteiger partial charge in [0.05, 0.1) is 33.9 Å². The number of rotatable bonds is 5. The normalized spacial score (nSPS) is 11.5. The number of fused-ring (bicyclic) bond motifs is 1. The zero-order valence-corrected chi connectivity index (χ0v) is 18.1. The summed E-state index contributed by atoms with van der Waals surface area (Å²) in [5.41, 5.74) is 2.09. The fraction of sp³-hybridized carbons (Fsp3) is 0.0526. The molecule has 8 nitrogen and oxygen atoms in total. The summed E-state index contributed by atoms with van der Waals surface area (Å²) in [5.74, 6) is -0.352. The molecule has 3 aromatic heterocycles. The van der Waals surface area contributed by atoms with Crippen LogP contribution in [-0.4, -0.2) is 34.6 Å². The number of halogens is 3. The number of pyridine rings is 2. The summed E-state index contributed by atoms with van der Waals surface area (Å²) in [6.07, 6.45) is 3.79. The van der Waals surface area contributed by atoms with Crippen molar-refractivity contribution in [2.24, 2.45) is 0 Å². The minimum absolute atomic E-state index is 0.00270. The Morgan fingerprint density at radius 1 is 1.03 bits per heavy atom. The third-order valence-electron chi connectivity index (χ3n) is 4.12. The number of nitrogens with one attached hydrogen (secondary N) is 2. The van der Waals surface area contributed by atoms with Crippen molar-refractivity contribution in [3.8, 4) is 11.3 Å². The molecule has 158 valence electrons. The lowest BCUT2D eigenvalue weighted by Crippen LogP contribution is -2.10. The van der Waals surface area contributed by atoms with Gasteiger partial charge in [0.15, 0.2) is 16.8 Å². The van der Waals surface area contributed by atoms with E-state index in [1.807, 2.05) is 0 Å². The maximum absolute atomic E-state index is 14.3. The first-order valence-electron chi connectivity index (χ1n) is 8.68. The summed E-state index contributed by atoms with van der Waals surface area (Å²) >= 11 is 11.8. The van der Waals surface area contributed by atoms with Gasteiger partial charge < -0.3 is 5.32 Å². The van der Waals surface area contributed by atoms with Crippen LogP contribution in [0.4, 0.5) is 21.6 Å². The Morgan fingerprint density at radius 2 is 1.84 bits per heavy atom. The third-order valence-corrected chi connectivity index (χ3v) is 5.30. The molecular weight excluding hydrogens is 466 g/mol. The van der Waals surface area contributed by atoms with Gasteiger partial charge >= 0.3 is 0 Å². The van der Waals surface area contributed by atoms with Crippen molar-refractivity contribution in [2.45, 2.75) is 0 Å². The molecule has 0 unspecified atom stereocenters. The molecule has 0 amide bonds. The van der Waals surface area contributed by atoms with Gasteiger partial charge in [0.2, 0.25) is 10.0 Å². The van der Waals surface area contributed by atoms with Gasteiger partial charge in [0.25, 0.3) is 0 Å². The van der Waals surface area contributed by atoms with Gasteiger partial charge in [-0.1, -0.05) is 29.3 Å². The Morgan fingerprint density at radius 3 is 2.61 bits per heavy atom. The lowest BCUT2D eigenvalue weighted by atomic mass is 10.1. The van der Waals surface area contributed by atoms with Crippen LogP contribution >= 0.6 is 23.2 Å². The minimum atomic E-state index is -3.55. The molecule has 1 aromatic carbocycles. The van der Waals surface area contributed by atoms with Crippen LogP contribution in [0.2, 0.25) is 10.2 Å². The van der Waals surface area contributed by atoms with Gasteiger partial charge in [-0.05, 0) is 30.3 Å². The number of sulfonamides is 1. The second-order valence-electron chi connectivity index (χ2n) is 6.45. The van der Waals surface area contributed by atoms with Crippen molar-refractivity contribution < 1.29 is 12.8 Å². The smallest absolute Gasteiger partial charge is 0.229 e. The molecule has 0 spiro atoms. The van der Waals surface area contributed by atoms with Crippen LogP contribution in [0.1, 0.15) is 0 Å². The van der Waals surface area contributed by atoms with E-state index in [9.17, 15) is 12.8 Å². The van der Waals surface area contributed by atoms with Crippen LogP contribution in [0, 0.1) is 5.82 Å². The number of hydrogen-bond acceptors (Lipinski definition) is 7. The van der Waals surface area contributed by atoms with E-state index < -0.39 is 15.8 Å². The molecule has 0 aliphatic rings. The topological polar surface area (TPSA) is 110 Å². The predicted molar refractivity (Wildman–Crippen MR) is 119 cm³/mol. The molecular formula is C19H13Cl2FN6O2S. The molecule has 2 N–H and O–H groups in total. The van der Waals surface area contributed by atoms with Crippen LogP contribution in [0.25, 0.3) is 22.3 Å². The summed E-state index contributed by atoms with van der Waals surface area (Å²) < 4.78 is 39.8. The highest BCUT2D eigenvalue weighted by Gasteiger charge is 2.14. The van der Waals surface area contributed by atoms with Crippen LogP contribution < -0.4 is 10.0 Å². The first-order chi connectivity index (χ1) is 14.7. The molecule has 0 aliphatic carbocycles. The Labute approximate surface area is 186 Å². The number of hydrogen-bond donors (Lipinski definition) is 2. The summed E-state index contributed by atoms with van der Waals surface area (Å²) in [4.78, 5) is 16.9. The molecule has 4 rings (SSSR count). The highest BCUT2D eigenvalue weighted by molar-refractivity contribution is 7.92. The molecule has 12 heteroatoms. The number of benzene rings is 1. The van der Waals surface area contributed by atoms with Crippen molar-refractivity contribution in [3.63, 3.8) is 0 Å². The van der Waals surface area contributed by atoms with E-state index in [2.05, 4.69) is 30.0 Å². The van der Waals surface area contributed by atoms with E-state index in [0.29, 0.717) is 22.3 Å². The second kappa shape index (κ2) is 8.22. The van der Waals surface area contributed by atoms with Crippen molar-refractivity contribution in [3.05, 3.63) is 64.9 Å². The van der Waals surface area contributed by atoms with Crippen molar-refractivity contribution >= 4 is 61.5 Å². The van der Waals surface area contributed by atoms with Gasteiger partial charge in [-0.15, -0.1) is 0 Å². The largest absolute Gasteiger partial charge is 0.336 e. The van der Waals surface area contributed by atoms with Crippen molar-refractivity contribution in [1.29, 1.82) is 0 Å². The van der Waals surface area contributed by atoms with E-state index in [4.69, 9.17) is 23.2 Å². The summed E-state index contributed by atoms with van der Waals surface area (Å²) in [5, 5.41) is 2.85. The highest BCUT2D eigenvalue weighted by Crippen LogP contribution is 2.30. The molecule has 0 radical (unpaired) electrons. The van der Waals surface area contributed by atoms with E-state index in [1.54, 1.807) is 18.2 Å². The number of nitrogens with zero attached hydrogens (tertiary/aromatic N) is 4. The first-order valence-corrected chi connectivity index (χ1v) is 11.3. The number of aromatic nitrogens is 4. The average Bonchev–Trinajstić information content (AvgIpc) is 2.72. The predicted octanol–water partition coefficient (Wildman–Crippen LogP) is 4.65. The summed E-state index contributed by atoms with van der Waals surface area (Å²) in [6.45, 7) is 0. The molecule has 4 aromatic rings. The maximum Gasteiger partial charge on any atom is 0.229 e. The minimum Gasteiger partial charge on any atom is -0.336 e. The highest BCUT2D eigenvalue weighted by atomic mass is 35.5. The van der Waals surface area contributed by atoms with Gasteiger partial charge in [-0.2, -0.15) is 0 Å². The van der Waals surface area contributed by atoms with E-state index in [-0.39, 0.29) is 27.4 Å². The molecule has 31 heavy (non-hydrogen) atoms. The van der Waals surface area contributed by atoms with Crippen LogP contribution in [0.3, 0.4) is 0 Å². The Balaban J connectivity index is 1.79. The molecule has 0 bridgehead atoms. The fourth-order valence-corrected chi connectivity index (χ4v) is 3.72. The van der Waals surface area contributed by atoms with Crippen LogP contribution in [0.5, 0.6) is 0 Å². The zero-order chi connectivity index (χ0) is 22.2. The van der Waals surface area contributed by atoms with Gasteiger partial charge in [0, 0.05) is 11.8 Å². The van der Waals surface area contributed by atoms with Crippen LogP contribution in [-0.2, 0) is 10.0 Å². The fourth-order valence-electron chi connectivity index (χ4n) is 2.78. The Bertz CT molecular complexity index is 1420. The molecule has 3 heterocycles. The summed E-state index contributed by atoms with van der Waals surface area (Å²) in [6, 6.07) is 9.46. The van der Waals surface area contributed by atoms with Crippen LogP contribution in [0.15, 0.2) is 48.9 Å². The SMILES string of the molecule is CS(=O)(=O)Nc1cc(-c2ccc3ncnc(Nc4cccc(Cl)c4F)c3n2)cnc1Cl. The van der Waals surface area contributed by atoms with E-state index >= 15 is 0 Å². The quantitative estimate of drug-likeness (QED) is 0.401. The first kappa shape index (κ1) is 21.2. The number of anilines is 3. The second-order valence-corrected chi connectivity index (χ2v) is 8.96. The molecule has 0 saturated heterocycles. The van der Waals surface area contributed by atoms with Gasteiger partial charge in [-0.3, -0.25) is 4.72 Å². The van der Waals surface area contributed by atoms with Gasteiger partial charge in [0.1, 0.15) is 11.8 Å². The van der Waals surface area contributed by atoms with Crippen molar-refractivity contribution in [1.82, 2.24) is 19.9 Å². The van der Waals surface area contributed by atoms with E-state index in [0.717, 1.165) is 6.26 Å². The lowest BCUT2D eigenvalue weighted by Gasteiger charge is -2.11. The van der Waals surface area contributed by atoms with E-state index in [1.165, 1.54) is 30.7 Å². The molecule has 0 aliphatic heterocycles. The molecule has 0 atom stereocenters. The molecule has 0 saturated carbocycles. The Hall–Kier alpha value is -3.08.